The molecule has 0 unspecified atom stereocenters. The van der Waals surface area contributed by atoms with E-state index in [4.69, 9.17) is 15.7 Å². The first-order chi connectivity index (χ1) is 13.9. The Bertz CT molecular complexity index is 1060. The number of pyridine rings is 1. The van der Waals surface area contributed by atoms with E-state index in [1.54, 1.807) is 19.1 Å². The van der Waals surface area contributed by atoms with Crippen LogP contribution in [-0.4, -0.2) is 23.5 Å². The van der Waals surface area contributed by atoms with Gasteiger partial charge in [0.25, 0.3) is 6.02 Å². The number of aromatic nitrogens is 1. The summed E-state index contributed by atoms with van der Waals surface area (Å²) in [6.07, 6.45) is 3.74. The number of carbonyl (C=O) groups excluding carboxylic acids is 1. The Morgan fingerprint density at radius 2 is 2.17 bits per heavy atom. The highest BCUT2D eigenvalue weighted by atomic mass is 19.1. The van der Waals surface area contributed by atoms with E-state index in [0.29, 0.717) is 17.7 Å². The third-order valence-electron chi connectivity index (χ3n) is 4.77. The van der Waals surface area contributed by atoms with Crippen molar-refractivity contribution in [1.29, 1.82) is 5.26 Å². The lowest BCUT2D eigenvalue weighted by atomic mass is 9.89. The highest BCUT2D eigenvalue weighted by Crippen LogP contribution is 2.32. The maximum Gasteiger partial charge on any atom is 0.288 e. The van der Waals surface area contributed by atoms with E-state index in [2.05, 4.69) is 9.98 Å². The second-order valence-electron chi connectivity index (χ2n) is 6.94. The lowest BCUT2D eigenvalue weighted by molar-refractivity contribution is 0.0987. The van der Waals surface area contributed by atoms with Crippen molar-refractivity contribution in [1.82, 2.24) is 4.98 Å². The highest BCUT2D eigenvalue weighted by molar-refractivity contribution is 5.97. The fourth-order valence-corrected chi connectivity index (χ4v) is 3.33. The van der Waals surface area contributed by atoms with Gasteiger partial charge in [-0.3, -0.25) is 9.78 Å². The molecule has 0 saturated heterocycles. The van der Waals surface area contributed by atoms with Crippen LogP contribution in [0.3, 0.4) is 0 Å². The number of hydrogen-bond donors (Lipinski definition) is 1. The minimum absolute atomic E-state index is 0.0986. The molecule has 2 N–H and O–H groups in total. The number of allylic oxidation sites excluding steroid dienone is 1. The third-order valence-corrected chi connectivity index (χ3v) is 4.77. The molecule has 1 aliphatic heterocycles. The van der Waals surface area contributed by atoms with E-state index in [1.807, 2.05) is 37.3 Å². The normalized spacial score (nSPS) is 18.3. The van der Waals surface area contributed by atoms with Crippen LogP contribution >= 0.6 is 0 Å². The number of halogens is 1. The summed E-state index contributed by atoms with van der Waals surface area (Å²) in [4.78, 5) is 21.3. The van der Waals surface area contributed by atoms with Gasteiger partial charge in [-0.2, -0.15) is 5.26 Å². The van der Waals surface area contributed by atoms with Gasteiger partial charge < -0.3 is 10.5 Å². The van der Waals surface area contributed by atoms with E-state index in [0.717, 1.165) is 16.7 Å². The van der Waals surface area contributed by atoms with Crippen molar-refractivity contribution < 1.29 is 13.9 Å². The molecule has 6 nitrogen and oxygen atoms in total. The van der Waals surface area contributed by atoms with Crippen LogP contribution in [0.25, 0.3) is 0 Å². The Labute approximate surface area is 168 Å². The van der Waals surface area contributed by atoms with Crippen molar-refractivity contribution in [3.05, 3.63) is 76.3 Å². The summed E-state index contributed by atoms with van der Waals surface area (Å²) in [6, 6.07) is 11.0. The van der Waals surface area contributed by atoms with Gasteiger partial charge in [-0.05, 0) is 42.2 Å². The quantitative estimate of drug-likeness (QED) is 0.760. The van der Waals surface area contributed by atoms with Crippen molar-refractivity contribution >= 4 is 11.8 Å². The molecular formula is C22H21FN4O2. The number of carbonyl (C=O) groups is 1. The molecule has 0 fully saturated rings. The van der Waals surface area contributed by atoms with Gasteiger partial charge in [0.1, 0.15) is 29.7 Å². The monoisotopic (exact) mass is 392 g/mol. The van der Waals surface area contributed by atoms with E-state index >= 15 is 0 Å². The number of nitrogens with two attached hydrogens (primary N) is 1. The molecule has 148 valence electrons. The molecule has 29 heavy (non-hydrogen) atoms. The summed E-state index contributed by atoms with van der Waals surface area (Å²) in [5.74, 6) is -0.0283. The minimum atomic E-state index is -0.885. The van der Waals surface area contributed by atoms with Crippen LogP contribution in [0.4, 0.5) is 4.39 Å². The number of amidine groups is 1. The molecule has 3 rings (SSSR count). The van der Waals surface area contributed by atoms with Gasteiger partial charge in [0.2, 0.25) is 0 Å². The van der Waals surface area contributed by atoms with Gasteiger partial charge in [-0.1, -0.05) is 31.2 Å². The van der Waals surface area contributed by atoms with Crippen molar-refractivity contribution in [3.63, 3.8) is 0 Å². The molecule has 1 atom stereocenters. The number of nitriles is 1. The Morgan fingerprint density at radius 1 is 1.38 bits per heavy atom. The smallest absolute Gasteiger partial charge is 0.288 e. The highest BCUT2D eigenvalue weighted by Gasteiger charge is 2.29. The number of aryl methyl sites for hydroxylation is 1. The topological polar surface area (TPSA) is 101 Å². The van der Waals surface area contributed by atoms with Crippen LogP contribution in [0.1, 0.15) is 46.6 Å². The van der Waals surface area contributed by atoms with Crippen LogP contribution in [0.2, 0.25) is 0 Å². The molecule has 7 heteroatoms. The van der Waals surface area contributed by atoms with E-state index in [9.17, 15) is 9.18 Å². The number of alkyl halides is 1. The molecular weight excluding hydrogens is 371 g/mol. The SMILES string of the molecule is CCc1cc(C#N)cnc1C(=O)Cc1cccc([C@]2(C)C=C(CF)OC(N)=N2)c1. The summed E-state index contributed by atoms with van der Waals surface area (Å²) >= 11 is 0. The van der Waals surface area contributed by atoms with Crippen LogP contribution in [0.5, 0.6) is 0 Å². The zero-order valence-corrected chi connectivity index (χ0v) is 16.3. The predicted molar refractivity (Wildman–Crippen MR) is 107 cm³/mol. The number of hydrogen-bond acceptors (Lipinski definition) is 6. The van der Waals surface area contributed by atoms with Gasteiger partial charge in [-0.15, -0.1) is 0 Å². The number of ether oxygens (including phenoxy) is 1. The molecule has 0 radical (unpaired) electrons. The molecule has 2 heterocycles. The minimum Gasteiger partial charge on any atom is -0.428 e. The Morgan fingerprint density at radius 3 is 2.86 bits per heavy atom. The predicted octanol–water partition coefficient (Wildman–Crippen LogP) is 3.35. The summed E-state index contributed by atoms with van der Waals surface area (Å²) in [5.41, 5.74) is 7.90. The molecule has 0 amide bonds. The molecule has 0 aliphatic carbocycles. The molecule has 0 saturated carbocycles. The van der Waals surface area contributed by atoms with E-state index in [-0.39, 0.29) is 24.0 Å². The number of aliphatic imine (C=N–C) groups is 1. The van der Waals surface area contributed by atoms with Gasteiger partial charge in [-0.25, -0.2) is 9.38 Å². The largest absolute Gasteiger partial charge is 0.428 e. The third kappa shape index (κ3) is 4.32. The molecule has 1 aromatic carbocycles. The summed E-state index contributed by atoms with van der Waals surface area (Å²) < 4.78 is 18.2. The first-order valence-corrected chi connectivity index (χ1v) is 9.21. The zero-order chi connectivity index (χ0) is 21.0. The zero-order valence-electron chi connectivity index (χ0n) is 16.3. The average Bonchev–Trinajstić information content (AvgIpc) is 2.72. The van der Waals surface area contributed by atoms with Gasteiger partial charge >= 0.3 is 0 Å². The maximum atomic E-state index is 13.1. The maximum absolute atomic E-state index is 13.1. The average molecular weight is 392 g/mol. The van der Waals surface area contributed by atoms with Crippen LogP contribution in [-0.2, 0) is 23.1 Å². The summed E-state index contributed by atoms with van der Waals surface area (Å²) in [6.45, 7) is 2.93. The number of Topliss-reactive ketones (excluding diaryl/α,β-unsaturated/α-hetero) is 1. The standard InChI is InChI=1S/C22H21FN4O2/c1-3-16-7-15(12-24)13-26-20(16)19(28)9-14-5-4-6-17(8-14)22(2)10-18(11-23)29-21(25)27-22/h4-8,10,13H,3,9,11H2,1-2H3,(H2,25,27)/t22-/m0/s1. The lowest BCUT2D eigenvalue weighted by Gasteiger charge is -2.27. The number of nitrogens with zero attached hydrogens (tertiary/aromatic N) is 3. The molecule has 0 bridgehead atoms. The molecule has 0 spiro atoms. The van der Waals surface area contributed by atoms with Crippen LogP contribution < -0.4 is 5.73 Å². The van der Waals surface area contributed by atoms with E-state index < -0.39 is 12.2 Å². The molecule has 2 aromatic rings. The summed E-state index contributed by atoms with van der Waals surface area (Å²) in [5, 5.41) is 9.02. The van der Waals surface area contributed by atoms with Crippen molar-refractivity contribution in [3.8, 4) is 6.07 Å². The first kappa shape index (κ1) is 20.2. The Balaban J connectivity index is 1.89. The Kier molecular flexibility index (Phi) is 5.74. The fourth-order valence-electron chi connectivity index (χ4n) is 3.33. The van der Waals surface area contributed by atoms with Crippen molar-refractivity contribution in [2.45, 2.75) is 32.2 Å². The summed E-state index contributed by atoms with van der Waals surface area (Å²) in [7, 11) is 0. The van der Waals surface area contributed by atoms with Crippen LogP contribution in [0, 0.1) is 11.3 Å². The van der Waals surface area contributed by atoms with Gasteiger partial charge in [0.15, 0.2) is 5.78 Å². The van der Waals surface area contributed by atoms with Crippen molar-refractivity contribution in [2.75, 3.05) is 6.67 Å². The number of ketones is 1. The molecule has 1 aliphatic rings. The number of rotatable bonds is 6. The van der Waals surface area contributed by atoms with Crippen molar-refractivity contribution in [2.24, 2.45) is 10.7 Å². The Hall–Kier alpha value is -3.53. The van der Waals surface area contributed by atoms with Gasteiger partial charge in [0, 0.05) is 12.6 Å². The van der Waals surface area contributed by atoms with Crippen LogP contribution in [0.15, 0.2) is 53.4 Å². The molecule has 1 aromatic heterocycles. The number of benzene rings is 1. The van der Waals surface area contributed by atoms with E-state index in [1.165, 1.54) is 6.20 Å². The first-order valence-electron chi connectivity index (χ1n) is 9.21. The lowest BCUT2D eigenvalue weighted by Crippen LogP contribution is -2.30. The second kappa shape index (κ2) is 8.23. The second-order valence-corrected chi connectivity index (χ2v) is 6.94. The van der Waals surface area contributed by atoms with Gasteiger partial charge in [0.05, 0.1) is 5.56 Å². The fraction of sp³-hybridized carbons (Fsp3) is 0.273.